The van der Waals surface area contributed by atoms with E-state index in [1.807, 2.05) is 23.9 Å². The third-order valence-electron chi connectivity index (χ3n) is 3.56. The number of thioether (sulfide) groups is 1. The molecule has 0 aromatic heterocycles. The van der Waals surface area contributed by atoms with Crippen molar-refractivity contribution in [2.75, 3.05) is 43.5 Å². The van der Waals surface area contributed by atoms with Crippen LogP contribution in [0.5, 0.6) is 0 Å². The number of carbonyl (C=O) groups excluding carboxylic acids is 1. The van der Waals surface area contributed by atoms with Gasteiger partial charge in [-0.05, 0) is 31.2 Å². The Hall–Kier alpha value is -0.460. The van der Waals surface area contributed by atoms with E-state index in [2.05, 4.69) is 28.5 Å². The summed E-state index contributed by atoms with van der Waals surface area (Å²) in [5.74, 6) is 2.44. The van der Waals surface area contributed by atoms with Crippen molar-refractivity contribution in [2.24, 2.45) is 0 Å². The largest absolute Gasteiger partial charge is 0.325 e. The average Bonchev–Trinajstić information content (AvgIpc) is 2.45. The van der Waals surface area contributed by atoms with Crippen molar-refractivity contribution in [3.8, 4) is 0 Å². The Labute approximate surface area is 149 Å². The maximum Gasteiger partial charge on any atom is 0.238 e. The molecule has 0 bridgehead atoms. The van der Waals surface area contributed by atoms with Crippen molar-refractivity contribution in [1.29, 1.82) is 0 Å². The van der Waals surface area contributed by atoms with E-state index >= 15 is 0 Å². The molecule has 1 amide bonds. The van der Waals surface area contributed by atoms with Crippen LogP contribution in [0.15, 0.2) is 18.2 Å². The Morgan fingerprint density at radius 3 is 2.59 bits per heavy atom. The van der Waals surface area contributed by atoms with E-state index in [1.165, 1.54) is 22.6 Å². The summed E-state index contributed by atoms with van der Waals surface area (Å²) in [5, 5.41) is 5.83. The lowest BCUT2D eigenvalue weighted by Crippen LogP contribution is -2.32. The molecule has 2 N–H and O–H groups in total. The highest BCUT2D eigenvalue weighted by Gasteiger charge is 2.13. The number of anilines is 1. The van der Waals surface area contributed by atoms with E-state index in [9.17, 15) is 4.79 Å². The molecule has 4 nitrogen and oxygen atoms in total. The second-order valence-electron chi connectivity index (χ2n) is 5.06. The molecule has 0 spiro atoms. The standard InChI is InChI=1S/C15H23N3OS.2ClH/c1-12-13(11-18-6-8-20-9-7-18)4-3-5-14(12)17-15(19)10-16-2;;/h3-5,16H,6-11H2,1-2H3,(H,17,19);2*1H. The lowest BCUT2D eigenvalue weighted by molar-refractivity contribution is -0.115. The van der Waals surface area contributed by atoms with Gasteiger partial charge in [0.25, 0.3) is 0 Å². The van der Waals surface area contributed by atoms with Crippen LogP contribution in [0.3, 0.4) is 0 Å². The molecular formula is C15H25Cl2N3OS. The molecule has 0 atom stereocenters. The van der Waals surface area contributed by atoms with Crippen molar-refractivity contribution in [3.63, 3.8) is 0 Å². The summed E-state index contributed by atoms with van der Waals surface area (Å²) in [7, 11) is 1.78. The van der Waals surface area contributed by atoms with E-state index < -0.39 is 0 Å². The number of carbonyl (C=O) groups is 1. The van der Waals surface area contributed by atoms with Gasteiger partial charge in [0.15, 0.2) is 0 Å². The van der Waals surface area contributed by atoms with Gasteiger partial charge < -0.3 is 10.6 Å². The number of amides is 1. The number of halogens is 2. The number of likely N-dealkylation sites (N-methyl/N-ethyl adjacent to an activating group) is 1. The molecule has 22 heavy (non-hydrogen) atoms. The van der Waals surface area contributed by atoms with Gasteiger partial charge in [0.05, 0.1) is 6.54 Å². The minimum Gasteiger partial charge on any atom is -0.325 e. The lowest BCUT2D eigenvalue weighted by Gasteiger charge is -2.27. The second kappa shape index (κ2) is 11.1. The van der Waals surface area contributed by atoms with Crippen molar-refractivity contribution in [2.45, 2.75) is 13.5 Å². The molecule has 1 fully saturated rings. The Balaban J connectivity index is 0.00000220. The lowest BCUT2D eigenvalue weighted by atomic mass is 10.1. The van der Waals surface area contributed by atoms with Gasteiger partial charge in [-0.15, -0.1) is 24.8 Å². The van der Waals surface area contributed by atoms with Crippen LogP contribution in [0.1, 0.15) is 11.1 Å². The number of rotatable bonds is 5. The Bertz CT molecular complexity index is 468. The number of nitrogens with zero attached hydrogens (tertiary/aromatic N) is 1. The van der Waals surface area contributed by atoms with Crippen molar-refractivity contribution in [3.05, 3.63) is 29.3 Å². The fourth-order valence-corrected chi connectivity index (χ4v) is 3.32. The summed E-state index contributed by atoms with van der Waals surface area (Å²) in [6, 6.07) is 6.15. The van der Waals surface area contributed by atoms with Crippen molar-refractivity contribution >= 4 is 48.2 Å². The topological polar surface area (TPSA) is 44.4 Å². The van der Waals surface area contributed by atoms with Crippen molar-refractivity contribution in [1.82, 2.24) is 10.2 Å². The predicted molar refractivity (Wildman–Crippen MR) is 101 cm³/mol. The Morgan fingerprint density at radius 1 is 1.27 bits per heavy atom. The van der Waals surface area contributed by atoms with Gasteiger partial charge in [-0.2, -0.15) is 11.8 Å². The smallest absolute Gasteiger partial charge is 0.238 e. The van der Waals surface area contributed by atoms with Gasteiger partial charge in [-0.1, -0.05) is 12.1 Å². The third-order valence-corrected chi connectivity index (χ3v) is 4.50. The molecule has 2 rings (SSSR count). The molecule has 1 saturated heterocycles. The molecule has 0 radical (unpaired) electrons. The van der Waals surface area contributed by atoms with Gasteiger partial charge >= 0.3 is 0 Å². The van der Waals surface area contributed by atoms with Gasteiger partial charge in [0.2, 0.25) is 5.91 Å². The van der Waals surface area contributed by atoms with Gasteiger partial charge in [-0.3, -0.25) is 9.69 Å². The SMILES string of the molecule is CNCC(=O)Nc1cccc(CN2CCSCC2)c1C.Cl.Cl. The van der Waals surface area contributed by atoms with E-state index in [0.29, 0.717) is 6.54 Å². The predicted octanol–water partition coefficient (Wildman–Crippen LogP) is 2.55. The van der Waals surface area contributed by atoms with Crippen LogP contribution in [0, 0.1) is 6.92 Å². The molecule has 1 heterocycles. The molecule has 126 valence electrons. The molecule has 0 unspecified atom stereocenters. The first-order valence-corrected chi connectivity index (χ1v) is 8.19. The Kier molecular flexibility index (Phi) is 10.9. The first kappa shape index (κ1) is 21.5. The quantitative estimate of drug-likeness (QED) is 0.841. The average molecular weight is 366 g/mol. The number of hydrogen-bond donors (Lipinski definition) is 2. The van der Waals surface area contributed by atoms with E-state index in [-0.39, 0.29) is 30.7 Å². The van der Waals surface area contributed by atoms with Gasteiger partial charge in [0, 0.05) is 36.8 Å². The molecule has 1 aromatic carbocycles. The summed E-state index contributed by atoms with van der Waals surface area (Å²) < 4.78 is 0. The summed E-state index contributed by atoms with van der Waals surface area (Å²) in [6.07, 6.45) is 0. The minimum absolute atomic E-state index is 0. The van der Waals surface area contributed by atoms with Crippen LogP contribution in [0.4, 0.5) is 5.69 Å². The molecule has 1 aliphatic heterocycles. The van der Waals surface area contributed by atoms with Crippen LogP contribution >= 0.6 is 36.6 Å². The monoisotopic (exact) mass is 365 g/mol. The fraction of sp³-hybridized carbons (Fsp3) is 0.533. The van der Waals surface area contributed by atoms with Crippen LogP contribution in [0.2, 0.25) is 0 Å². The van der Waals surface area contributed by atoms with Gasteiger partial charge in [0.1, 0.15) is 0 Å². The number of benzene rings is 1. The first-order chi connectivity index (χ1) is 9.70. The summed E-state index contributed by atoms with van der Waals surface area (Å²) in [4.78, 5) is 14.2. The zero-order valence-electron chi connectivity index (χ0n) is 13.1. The fourth-order valence-electron chi connectivity index (χ4n) is 2.35. The number of hydrogen-bond acceptors (Lipinski definition) is 4. The van der Waals surface area contributed by atoms with E-state index in [1.54, 1.807) is 7.05 Å². The van der Waals surface area contributed by atoms with Crippen LogP contribution in [-0.2, 0) is 11.3 Å². The molecule has 1 aliphatic rings. The maximum atomic E-state index is 11.7. The van der Waals surface area contributed by atoms with E-state index in [0.717, 1.165) is 25.3 Å². The summed E-state index contributed by atoms with van der Waals surface area (Å²) in [5.41, 5.74) is 3.41. The second-order valence-corrected chi connectivity index (χ2v) is 6.28. The highest BCUT2D eigenvalue weighted by Crippen LogP contribution is 2.21. The molecular weight excluding hydrogens is 341 g/mol. The zero-order valence-corrected chi connectivity index (χ0v) is 15.5. The molecule has 0 aliphatic carbocycles. The normalized spacial score (nSPS) is 14.6. The molecule has 0 saturated carbocycles. The summed E-state index contributed by atoms with van der Waals surface area (Å²) in [6.45, 7) is 5.71. The van der Waals surface area contributed by atoms with Crippen LogP contribution in [0.25, 0.3) is 0 Å². The maximum absolute atomic E-state index is 11.7. The third kappa shape index (κ3) is 6.34. The van der Waals surface area contributed by atoms with Crippen LogP contribution < -0.4 is 10.6 Å². The van der Waals surface area contributed by atoms with E-state index in [4.69, 9.17) is 0 Å². The molecule has 1 aromatic rings. The van der Waals surface area contributed by atoms with Crippen molar-refractivity contribution < 1.29 is 4.79 Å². The first-order valence-electron chi connectivity index (χ1n) is 7.03. The Morgan fingerprint density at radius 2 is 1.95 bits per heavy atom. The minimum atomic E-state index is 0. The highest BCUT2D eigenvalue weighted by molar-refractivity contribution is 7.99. The molecule has 7 heteroatoms. The summed E-state index contributed by atoms with van der Waals surface area (Å²) >= 11 is 2.02. The highest BCUT2D eigenvalue weighted by atomic mass is 35.5. The number of nitrogens with one attached hydrogen (secondary N) is 2. The zero-order chi connectivity index (χ0) is 14.4. The van der Waals surface area contributed by atoms with Crippen LogP contribution in [-0.4, -0.2) is 49.0 Å². The van der Waals surface area contributed by atoms with Gasteiger partial charge in [-0.25, -0.2) is 0 Å².